The summed E-state index contributed by atoms with van der Waals surface area (Å²) in [5, 5.41) is 17.5. The van der Waals surface area contributed by atoms with Crippen LogP contribution >= 0.6 is 0 Å². The van der Waals surface area contributed by atoms with Gasteiger partial charge in [0, 0.05) is 17.3 Å². The molecule has 0 aliphatic carbocycles. The Balaban J connectivity index is 1.69. The standard InChI is InChI=1S/C18H17N5O3/c1-11-8-13-9-12(17(24)20-26)6-7-16(13)22(11)10-23-18(25)14-4-2-3-5-15(14)19-21-23/h2-7,9,11,26H,8,10H2,1H3,(H,20,24)/t11-/m1/s1. The van der Waals surface area contributed by atoms with E-state index in [0.717, 1.165) is 17.7 Å². The van der Waals surface area contributed by atoms with E-state index in [1.54, 1.807) is 35.8 Å². The number of fused-ring (bicyclic) bond motifs is 2. The normalized spacial score (nSPS) is 15.9. The van der Waals surface area contributed by atoms with Crippen molar-refractivity contribution in [3.05, 3.63) is 63.9 Å². The minimum Gasteiger partial charge on any atom is -0.349 e. The van der Waals surface area contributed by atoms with Crippen LogP contribution in [0.15, 0.2) is 47.3 Å². The molecule has 0 saturated carbocycles. The third-order valence-corrected chi connectivity index (χ3v) is 4.72. The Morgan fingerprint density at radius 3 is 2.92 bits per heavy atom. The molecule has 2 heterocycles. The third-order valence-electron chi connectivity index (χ3n) is 4.72. The van der Waals surface area contributed by atoms with Gasteiger partial charge in [-0.05, 0) is 49.2 Å². The molecule has 26 heavy (non-hydrogen) atoms. The van der Waals surface area contributed by atoms with Gasteiger partial charge in [-0.3, -0.25) is 14.8 Å². The molecule has 2 aromatic carbocycles. The monoisotopic (exact) mass is 351 g/mol. The Kier molecular flexibility index (Phi) is 3.89. The molecule has 8 heteroatoms. The lowest BCUT2D eigenvalue weighted by Gasteiger charge is -2.24. The van der Waals surface area contributed by atoms with Crippen molar-refractivity contribution < 1.29 is 10.0 Å². The highest BCUT2D eigenvalue weighted by Crippen LogP contribution is 2.33. The van der Waals surface area contributed by atoms with Gasteiger partial charge in [0.2, 0.25) is 0 Å². The first kappa shape index (κ1) is 16.2. The van der Waals surface area contributed by atoms with Gasteiger partial charge in [0.15, 0.2) is 0 Å². The van der Waals surface area contributed by atoms with Crippen molar-refractivity contribution in [1.29, 1.82) is 0 Å². The molecule has 1 aliphatic heterocycles. The van der Waals surface area contributed by atoms with Crippen LogP contribution in [0.2, 0.25) is 0 Å². The summed E-state index contributed by atoms with van der Waals surface area (Å²) in [5.41, 5.74) is 4.34. The largest absolute Gasteiger partial charge is 0.349 e. The maximum absolute atomic E-state index is 12.7. The first-order chi connectivity index (χ1) is 12.6. The van der Waals surface area contributed by atoms with E-state index < -0.39 is 5.91 Å². The molecule has 3 aromatic rings. The second kappa shape index (κ2) is 6.23. The molecule has 4 rings (SSSR count). The minimum absolute atomic E-state index is 0.137. The molecule has 0 unspecified atom stereocenters. The number of carbonyl (C=O) groups excluding carboxylic acids is 1. The fourth-order valence-corrected chi connectivity index (χ4v) is 3.38. The van der Waals surface area contributed by atoms with Gasteiger partial charge in [-0.25, -0.2) is 5.48 Å². The number of hydroxylamine groups is 1. The lowest BCUT2D eigenvalue weighted by atomic mass is 10.1. The van der Waals surface area contributed by atoms with E-state index in [1.165, 1.54) is 4.68 Å². The van der Waals surface area contributed by atoms with Gasteiger partial charge < -0.3 is 4.90 Å². The maximum Gasteiger partial charge on any atom is 0.279 e. The highest BCUT2D eigenvalue weighted by atomic mass is 16.5. The average Bonchev–Trinajstić information content (AvgIpc) is 2.98. The highest BCUT2D eigenvalue weighted by Gasteiger charge is 2.27. The SMILES string of the molecule is C[C@@H]1Cc2cc(C(=O)NO)ccc2N1Cn1nnc2ccccc2c1=O. The van der Waals surface area contributed by atoms with E-state index in [1.807, 2.05) is 19.1 Å². The lowest BCUT2D eigenvalue weighted by Crippen LogP contribution is -2.37. The Labute approximate surface area is 148 Å². The molecule has 2 N–H and O–H groups in total. The molecule has 8 nitrogen and oxygen atoms in total. The third kappa shape index (κ3) is 2.60. The molecular formula is C18H17N5O3. The van der Waals surface area contributed by atoms with Crippen molar-refractivity contribution >= 4 is 22.5 Å². The Hall–Kier alpha value is -3.26. The van der Waals surface area contributed by atoms with Crippen LogP contribution in [0.4, 0.5) is 5.69 Å². The van der Waals surface area contributed by atoms with Crippen LogP contribution in [0.1, 0.15) is 22.8 Å². The van der Waals surface area contributed by atoms with Crippen LogP contribution < -0.4 is 15.9 Å². The van der Waals surface area contributed by atoms with Crippen LogP contribution in [-0.4, -0.2) is 32.2 Å². The van der Waals surface area contributed by atoms with Crippen molar-refractivity contribution in [2.24, 2.45) is 0 Å². The summed E-state index contributed by atoms with van der Waals surface area (Å²) in [4.78, 5) is 26.3. The first-order valence-corrected chi connectivity index (χ1v) is 8.25. The number of nitrogens with zero attached hydrogens (tertiary/aromatic N) is 4. The zero-order valence-electron chi connectivity index (χ0n) is 14.1. The zero-order valence-corrected chi connectivity index (χ0v) is 14.1. The van der Waals surface area contributed by atoms with E-state index in [9.17, 15) is 9.59 Å². The number of nitrogens with one attached hydrogen (secondary N) is 1. The lowest BCUT2D eigenvalue weighted by molar-refractivity contribution is 0.0706. The number of hydrogen-bond acceptors (Lipinski definition) is 6. The fraction of sp³-hybridized carbons (Fsp3) is 0.222. The summed E-state index contributed by atoms with van der Waals surface area (Å²) in [6.45, 7) is 2.32. The summed E-state index contributed by atoms with van der Waals surface area (Å²) in [7, 11) is 0. The predicted molar refractivity (Wildman–Crippen MR) is 95.1 cm³/mol. The molecule has 0 bridgehead atoms. The summed E-state index contributed by atoms with van der Waals surface area (Å²) in [6.07, 6.45) is 0.734. The highest BCUT2D eigenvalue weighted by molar-refractivity contribution is 5.94. The summed E-state index contributed by atoms with van der Waals surface area (Å²) in [5.74, 6) is -0.546. The van der Waals surface area contributed by atoms with Gasteiger partial charge >= 0.3 is 0 Å². The molecule has 0 saturated heterocycles. The first-order valence-electron chi connectivity index (χ1n) is 8.25. The molecule has 1 aromatic heterocycles. The van der Waals surface area contributed by atoms with E-state index in [0.29, 0.717) is 16.5 Å². The second-order valence-corrected chi connectivity index (χ2v) is 6.36. The summed E-state index contributed by atoms with van der Waals surface area (Å²) >= 11 is 0. The quantitative estimate of drug-likeness (QED) is 0.545. The Bertz CT molecular complexity index is 1060. The molecular weight excluding hydrogens is 334 g/mol. The molecule has 1 amide bonds. The van der Waals surface area contributed by atoms with Crippen molar-refractivity contribution in [2.75, 3.05) is 4.90 Å². The number of anilines is 1. The molecule has 132 valence electrons. The topological polar surface area (TPSA) is 100 Å². The van der Waals surface area contributed by atoms with E-state index in [4.69, 9.17) is 5.21 Å². The number of hydrogen-bond donors (Lipinski definition) is 2. The number of carbonyl (C=O) groups is 1. The van der Waals surface area contributed by atoms with Crippen molar-refractivity contribution in [1.82, 2.24) is 20.5 Å². The summed E-state index contributed by atoms with van der Waals surface area (Å²) < 4.78 is 1.35. The van der Waals surface area contributed by atoms with Gasteiger partial charge in [-0.15, -0.1) is 5.10 Å². The second-order valence-electron chi connectivity index (χ2n) is 6.36. The Morgan fingerprint density at radius 2 is 2.12 bits per heavy atom. The van der Waals surface area contributed by atoms with Crippen LogP contribution in [0, 0.1) is 0 Å². The fourth-order valence-electron chi connectivity index (χ4n) is 3.38. The number of amides is 1. The average molecular weight is 351 g/mol. The van der Waals surface area contributed by atoms with Crippen LogP contribution in [0.5, 0.6) is 0 Å². The van der Waals surface area contributed by atoms with Gasteiger partial charge in [-0.2, -0.15) is 4.68 Å². The molecule has 0 spiro atoms. The number of aromatic nitrogens is 3. The maximum atomic E-state index is 12.7. The van der Waals surface area contributed by atoms with E-state index in [-0.39, 0.29) is 18.3 Å². The predicted octanol–water partition coefficient (Wildman–Crippen LogP) is 1.32. The van der Waals surface area contributed by atoms with Crippen molar-refractivity contribution in [3.63, 3.8) is 0 Å². The molecule has 1 aliphatic rings. The van der Waals surface area contributed by atoms with Gasteiger partial charge in [0.05, 0.1) is 5.39 Å². The van der Waals surface area contributed by atoms with Crippen molar-refractivity contribution in [2.45, 2.75) is 26.1 Å². The molecule has 0 fully saturated rings. The summed E-state index contributed by atoms with van der Waals surface area (Å²) in [6, 6.07) is 12.5. The minimum atomic E-state index is -0.546. The van der Waals surface area contributed by atoms with Gasteiger partial charge in [0.25, 0.3) is 11.5 Å². The van der Waals surface area contributed by atoms with Gasteiger partial charge in [-0.1, -0.05) is 17.3 Å². The Morgan fingerprint density at radius 1 is 1.31 bits per heavy atom. The van der Waals surface area contributed by atoms with E-state index >= 15 is 0 Å². The zero-order chi connectivity index (χ0) is 18.3. The van der Waals surface area contributed by atoms with Crippen LogP contribution in [0.3, 0.4) is 0 Å². The van der Waals surface area contributed by atoms with Crippen molar-refractivity contribution in [3.8, 4) is 0 Å². The van der Waals surface area contributed by atoms with Crippen LogP contribution in [0.25, 0.3) is 10.9 Å². The molecule has 1 atom stereocenters. The van der Waals surface area contributed by atoms with Gasteiger partial charge in [0.1, 0.15) is 12.2 Å². The number of benzene rings is 2. The number of rotatable bonds is 3. The smallest absolute Gasteiger partial charge is 0.279 e. The van der Waals surface area contributed by atoms with E-state index in [2.05, 4.69) is 15.2 Å². The molecule has 0 radical (unpaired) electrons. The van der Waals surface area contributed by atoms with Crippen LogP contribution in [-0.2, 0) is 13.1 Å².